The Morgan fingerprint density at radius 1 is 1.00 bits per heavy atom. The van der Waals surface area contributed by atoms with Gasteiger partial charge in [-0.15, -0.1) is 11.3 Å². The molecule has 198 valence electrons. The first-order valence-electron chi connectivity index (χ1n) is 12.2. The molecular weight excluding hydrogens is 514 g/mol. The van der Waals surface area contributed by atoms with Crippen molar-refractivity contribution in [3.05, 3.63) is 82.9 Å². The molecule has 2 amide bonds. The second kappa shape index (κ2) is 10.7. The van der Waals surface area contributed by atoms with Gasteiger partial charge in [-0.2, -0.15) is 0 Å². The van der Waals surface area contributed by atoms with Crippen LogP contribution in [0.25, 0.3) is 21.5 Å². The Balaban J connectivity index is 1.56. The third kappa shape index (κ3) is 5.25. The quantitative estimate of drug-likeness (QED) is 0.262. The standard InChI is InChI=1S/C29H27N5O4S/c1-33(2)15-25(35)34(3)20-9-7-19(8-10-20)31-27(17-6-12-24-23(13-17)30-16-39-24)26-21-11-5-18(29(37)38-4)14-22(21)32-28(26)36/h5-14,16,31H,15H2,1-4H3,(H,32,36). The van der Waals surface area contributed by atoms with Crippen LogP contribution in [0.1, 0.15) is 21.5 Å². The molecule has 0 saturated carbocycles. The van der Waals surface area contributed by atoms with Gasteiger partial charge in [0.15, 0.2) is 0 Å². The monoisotopic (exact) mass is 541 g/mol. The van der Waals surface area contributed by atoms with Crippen molar-refractivity contribution >= 4 is 67.7 Å². The zero-order valence-corrected chi connectivity index (χ0v) is 22.8. The number of nitrogens with zero attached hydrogens (tertiary/aromatic N) is 3. The largest absolute Gasteiger partial charge is 0.465 e. The van der Waals surface area contributed by atoms with E-state index in [-0.39, 0.29) is 11.8 Å². The highest BCUT2D eigenvalue weighted by atomic mass is 32.1. The van der Waals surface area contributed by atoms with Crippen LogP contribution in [-0.2, 0) is 14.3 Å². The lowest BCUT2D eigenvalue weighted by Crippen LogP contribution is -2.34. The summed E-state index contributed by atoms with van der Waals surface area (Å²) in [4.78, 5) is 45.7. The topological polar surface area (TPSA) is 104 Å². The summed E-state index contributed by atoms with van der Waals surface area (Å²) in [6, 6.07) is 18.3. The van der Waals surface area contributed by atoms with Gasteiger partial charge in [0.25, 0.3) is 5.91 Å². The average Bonchev–Trinajstić information content (AvgIpc) is 3.53. The van der Waals surface area contributed by atoms with Crippen LogP contribution in [-0.4, -0.2) is 62.5 Å². The first kappa shape index (κ1) is 26.1. The van der Waals surface area contributed by atoms with Crippen molar-refractivity contribution in [2.45, 2.75) is 0 Å². The molecule has 3 aromatic carbocycles. The fourth-order valence-corrected chi connectivity index (χ4v) is 5.05. The van der Waals surface area contributed by atoms with E-state index in [2.05, 4.69) is 15.6 Å². The smallest absolute Gasteiger partial charge is 0.337 e. The molecule has 4 aromatic rings. The second-order valence-electron chi connectivity index (χ2n) is 9.35. The number of fused-ring (bicyclic) bond motifs is 2. The van der Waals surface area contributed by atoms with Crippen LogP contribution in [0, 0.1) is 0 Å². The Bertz CT molecular complexity index is 1620. The minimum Gasteiger partial charge on any atom is -0.465 e. The van der Waals surface area contributed by atoms with Gasteiger partial charge < -0.3 is 25.2 Å². The van der Waals surface area contributed by atoms with E-state index in [0.29, 0.717) is 34.6 Å². The fraction of sp³-hybridized carbons (Fsp3) is 0.172. The van der Waals surface area contributed by atoms with Crippen LogP contribution in [0.5, 0.6) is 0 Å². The van der Waals surface area contributed by atoms with E-state index < -0.39 is 5.97 Å². The van der Waals surface area contributed by atoms with Gasteiger partial charge in [0.2, 0.25) is 5.91 Å². The third-order valence-corrected chi connectivity index (χ3v) is 7.21. The Labute approximate surface area is 229 Å². The van der Waals surface area contributed by atoms with E-state index in [1.165, 1.54) is 7.11 Å². The number of carbonyl (C=O) groups is 3. The van der Waals surface area contributed by atoms with Crippen LogP contribution in [0.4, 0.5) is 17.1 Å². The molecule has 0 fully saturated rings. The molecule has 9 nitrogen and oxygen atoms in total. The molecule has 1 aliphatic rings. The first-order chi connectivity index (χ1) is 18.7. The number of ether oxygens (including phenoxy) is 1. The number of carbonyl (C=O) groups excluding carboxylic acids is 3. The van der Waals surface area contributed by atoms with E-state index in [9.17, 15) is 14.4 Å². The van der Waals surface area contributed by atoms with Crippen molar-refractivity contribution in [1.82, 2.24) is 9.88 Å². The highest BCUT2D eigenvalue weighted by Gasteiger charge is 2.29. The van der Waals surface area contributed by atoms with Crippen LogP contribution >= 0.6 is 11.3 Å². The van der Waals surface area contributed by atoms with Crippen molar-refractivity contribution in [2.75, 3.05) is 50.3 Å². The van der Waals surface area contributed by atoms with Gasteiger partial charge in [-0.1, -0.05) is 12.1 Å². The molecule has 2 N–H and O–H groups in total. The maximum absolute atomic E-state index is 13.3. The van der Waals surface area contributed by atoms with Gasteiger partial charge in [-0.3, -0.25) is 9.59 Å². The zero-order chi connectivity index (χ0) is 27.7. The lowest BCUT2D eigenvalue weighted by atomic mass is 9.98. The number of hydrogen-bond acceptors (Lipinski definition) is 8. The Kier molecular flexibility index (Phi) is 7.14. The minimum absolute atomic E-state index is 0.0226. The highest BCUT2D eigenvalue weighted by Crippen LogP contribution is 2.39. The molecule has 0 radical (unpaired) electrons. The molecule has 0 saturated heterocycles. The summed E-state index contributed by atoms with van der Waals surface area (Å²) < 4.78 is 5.87. The van der Waals surface area contributed by atoms with Crippen LogP contribution in [0.15, 0.2) is 66.2 Å². The van der Waals surface area contributed by atoms with Crippen LogP contribution < -0.4 is 15.5 Å². The van der Waals surface area contributed by atoms with Gasteiger partial charge in [-0.25, -0.2) is 9.78 Å². The molecule has 0 bridgehead atoms. The number of esters is 1. The average molecular weight is 542 g/mol. The van der Waals surface area contributed by atoms with Crippen molar-refractivity contribution in [1.29, 1.82) is 0 Å². The molecule has 10 heteroatoms. The first-order valence-corrected chi connectivity index (χ1v) is 13.0. The van der Waals surface area contributed by atoms with E-state index in [0.717, 1.165) is 27.2 Å². The molecule has 2 heterocycles. The van der Waals surface area contributed by atoms with Gasteiger partial charge in [-0.05, 0) is 62.6 Å². The lowest BCUT2D eigenvalue weighted by molar-refractivity contribution is -0.119. The molecule has 0 atom stereocenters. The summed E-state index contributed by atoms with van der Waals surface area (Å²) in [6.07, 6.45) is 0. The zero-order valence-electron chi connectivity index (χ0n) is 21.9. The number of thiazole rings is 1. The number of rotatable bonds is 7. The van der Waals surface area contributed by atoms with Gasteiger partial charge in [0.05, 0.1) is 51.9 Å². The third-order valence-electron chi connectivity index (χ3n) is 6.40. The van der Waals surface area contributed by atoms with Crippen molar-refractivity contribution in [3.8, 4) is 0 Å². The van der Waals surface area contributed by atoms with E-state index >= 15 is 0 Å². The predicted molar refractivity (Wildman–Crippen MR) is 155 cm³/mol. The maximum Gasteiger partial charge on any atom is 0.337 e. The van der Waals surface area contributed by atoms with E-state index in [1.807, 2.05) is 61.5 Å². The van der Waals surface area contributed by atoms with E-state index in [1.54, 1.807) is 47.0 Å². The fourth-order valence-electron chi connectivity index (χ4n) is 4.39. The summed E-state index contributed by atoms with van der Waals surface area (Å²) in [6.45, 7) is 0.304. The van der Waals surface area contributed by atoms with Gasteiger partial charge in [0, 0.05) is 29.5 Å². The molecule has 0 aliphatic carbocycles. The maximum atomic E-state index is 13.3. The van der Waals surface area contributed by atoms with Crippen molar-refractivity contribution in [2.24, 2.45) is 0 Å². The number of benzene rings is 3. The number of hydrogen-bond donors (Lipinski definition) is 2. The Morgan fingerprint density at radius 3 is 2.46 bits per heavy atom. The summed E-state index contributed by atoms with van der Waals surface area (Å²) in [5.74, 6) is -0.796. The molecule has 0 spiro atoms. The summed E-state index contributed by atoms with van der Waals surface area (Å²) >= 11 is 1.54. The number of aromatic nitrogens is 1. The SMILES string of the molecule is COC(=O)c1ccc2c(c1)NC(=O)C2=C(Nc1ccc(N(C)C(=O)CN(C)C)cc1)c1ccc2scnc2c1. The normalized spacial score (nSPS) is 13.7. The van der Waals surface area contributed by atoms with Gasteiger partial charge >= 0.3 is 5.97 Å². The van der Waals surface area contributed by atoms with Crippen LogP contribution in [0.3, 0.4) is 0 Å². The van der Waals surface area contributed by atoms with Crippen molar-refractivity contribution in [3.63, 3.8) is 0 Å². The lowest BCUT2D eigenvalue weighted by Gasteiger charge is -2.20. The number of methoxy groups -OCH3 is 1. The number of likely N-dealkylation sites (N-methyl/N-ethyl adjacent to an activating group) is 2. The second-order valence-corrected chi connectivity index (χ2v) is 10.2. The predicted octanol–water partition coefficient (Wildman–Crippen LogP) is 4.54. The molecule has 1 aromatic heterocycles. The van der Waals surface area contributed by atoms with Crippen LogP contribution in [0.2, 0.25) is 0 Å². The molecule has 5 rings (SSSR count). The van der Waals surface area contributed by atoms with E-state index in [4.69, 9.17) is 4.74 Å². The summed E-state index contributed by atoms with van der Waals surface area (Å²) in [7, 11) is 6.76. The number of nitrogens with one attached hydrogen (secondary N) is 2. The highest BCUT2D eigenvalue weighted by molar-refractivity contribution is 7.16. The molecule has 1 aliphatic heterocycles. The number of anilines is 3. The Morgan fingerprint density at radius 2 is 1.74 bits per heavy atom. The molecule has 39 heavy (non-hydrogen) atoms. The number of amides is 2. The molecular formula is C29H27N5O4S. The summed E-state index contributed by atoms with van der Waals surface area (Å²) in [5, 5.41) is 6.31. The van der Waals surface area contributed by atoms with Crippen molar-refractivity contribution < 1.29 is 19.1 Å². The van der Waals surface area contributed by atoms with Gasteiger partial charge in [0.1, 0.15) is 0 Å². The molecule has 0 unspecified atom stereocenters. The Hall–Kier alpha value is -4.54. The summed E-state index contributed by atoms with van der Waals surface area (Å²) in [5.41, 5.74) is 7.47. The minimum atomic E-state index is -0.481.